The molecule has 0 bridgehead atoms. The maximum absolute atomic E-state index is 4.11. The molecule has 0 aliphatic rings. The minimum Gasteiger partial charge on any atom is -0.320 e. The van der Waals surface area contributed by atoms with Crippen molar-refractivity contribution in [2.45, 2.75) is 52.6 Å². The van der Waals surface area contributed by atoms with Crippen molar-refractivity contribution in [1.29, 1.82) is 0 Å². The summed E-state index contributed by atoms with van der Waals surface area (Å²) in [6.45, 7) is 20.4. The van der Waals surface area contributed by atoms with E-state index < -0.39 is 8.24 Å². The first kappa shape index (κ1) is 13.9. The van der Waals surface area contributed by atoms with Crippen molar-refractivity contribution in [2.24, 2.45) is 0 Å². The van der Waals surface area contributed by atoms with Gasteiger partial charge in [-0.1, -0.05) is 47.2 Å². The Hall–Kier alpha value is -0.0831. The Labute approximate surface area is 91.3 Å². The van der Waals surface area contributed by atoms with Crippen molar-refractivity contribution in [1.82, 2.24) is 4.57 Å². The van der Waals surface area contributed by atoms with E-state index in [1.165, 1.54) is 0 Å². The molecule has 0 unspecified atom stereocenters. The lowest BCUT2D eigenvalue weighted by atomic mass is 10.5. The summed E-state index contributed by atoms with van der Waals surface area (Å²) in [5.74, 6) is 0. The van der Waals surface area contributed by atoms with Crippen LogP contribution in [0.3, 0.4) is 0 Å². The van der Waals surface area contributed by atoms with Crippen LogP contribution in [0, 0.1) is 0 Å². The predicted molar refractivity (Wildman–Crippen MR) is 69.1 cm³/mol. The van der Waals surface area contributed by atoms with E-state index >= 15 is 0 Å². The molecule has 0 aromatic carbocycles. The van der Waals surface area contributed by atoms with Crippen molar-refractivity contribution in [3.8, 4) is 0 Å². The summed E-state index contributed by atoms with van der Waals surface area (Å²) in [5.41, 5.74) is 3.79. The maximum Gasteiger partial charge on any atom is 0.157 e. The van der Waals surface area contributed by atoms with Gasteiger partial charge in [0.25, 0.3) is 0 Å². The molecule has 0 aromatic rings. The predicted octanol–water partition coefficient (Wildman–Crippen LogP) is 3.82. The second-order valence-electron chi connectivity index (χ2n) is 4.57. The van der Waals surface area contributed by atoms with Crippen molar-refractivity contribution in [3.05, 3.63) is 12.3 Å². The summed E-state index contributed by atoms with van der Waals surface area (Å²) in [7, 11) is -1.46. The monoisotopic (exact) mass is 213 g/mol. The highest BCUT2D eigenvalue weighted by Gasteiger charge is 2.41. The lowest BCUT2D eigenvalue weighted by Crippen LogP contribution is -2.56. The highest BCUT2D eigenvalue weighted by atomic mass is 28.3. The van der Waals surface area contributed by atoms with Gasteiger partial charge in [0, 0.05) is 0 Å². The zero-order valence-electron chi connectivity index (χ0n) is 10.8. The lowest BCUT2D eigenvalue weighted by molar-refractivity contribution is 0.447. The average Bonchev–Trinajstić information content (AvgIpc) is 2.12. The largest absolute Gasteiger partial charge is 0.320 e. The number of rotatable bonds is 6. The van der Waals surface area contributed by atoms with Crippen LogP contribution in [0.4, 0.5) is 0 Å². The van der Waals surface area contributed by atoms with Gasteiger partial charge in [0.1, 0.15) is 0 Å². The molecule has 1 nitrogen and oxygen atoms in total. The van der Waals surface area contributed by atoms with Crippen LogP contribution in [0.1, 0.15) is 41.5 Å². The van der Waals surface area contributed by atoms with Gasteiger partial charge in [0.05, 0.1) is 0 Å². The minimum absolute atomic E-state index is 0.750. The normalized spacial score (nSPS) is 12.9. The van der Waals surface area contributed by atoms with Crippen LogP contribution in [0.25, 0.3) is 0 Å². The van der Waals surface area contributed by atoms with Crippen molar-refractivity contribution < 1.29 is 0 Å². The van der Waals surface area contributed by atoms with Gasteiger partial charge in [0.2, 0.25) is 0 Å². The first-order chi connectivity index (χ1) is 6.47. The Morgan fingerprint density at radius 3 is 1.50 bits per heavy atom. The Morgan fingerprint density at radius 1 is 1.07 bits per heavy atom. The summed E-state index contributed by atoms with van der Waals surface area (Å²) >= 11 is 0. The van der Waals surface area contributed by atoms with Crippen molar-refractivity contribution >= 4 is 8.24 Å². The van der Waals surface area contributed by atoms with Gasteiger partial charge in [-0.2, -0.15) is 0 Å². The van der Waals surface area contributed by atoms with Gasteiger partial charge in [-0.25, -0.2) is 0 Å². The maximum atomic E-state index is 4.11. The van der Waals surface area contributed by atoms with Gasteiger partial charge in [-0.3, -0.25) is 0 Å². The molecule has 0 saturated heterocycles. The molecule has 0 radical (unpaired) electrons. The summed E-state index contributed by atoms with van der Waals surface area (Å²) in [6, 6.07) is 0. The lowest BCUT2D eigenvalue weighted by Gasteiger charge is -2.45. The fraction of sp³-hybridized carbons (Fsp3) is 0.833. The Kier molecular flexibility index (Phi) is 5.68. The third-order valence-corrected chi connectivity index (χ3v) is 9.57. The molecule has 0 N–H and O–H groups in total. The molecular formula is C12H27NSi. The standard InChI is InChI=1S/C12H27NSi/c1-8-13(9-2)14(10-3,11(4)5)12(6)7/h10-12H,3,8-9H2,1-2,4-7H3. The molecule has 0 saturated carbocycles. The van der Waals surface area contributed by atoms with E-state index in [-0.39, 0.29) is 0 Å². The first-order valence-corrected chi connectivity index (χ1v) is 8.03. The Balaban J connectivity index is 5.11. The van der Waals surface area contributed by atoms with Crippen LogP contribution in [0.2, 0.25) is 11.1 Å². The second kappa shape index (κ2) is 5.71. The fourth-order valence-electron chi connectivity index (χ4n) is 2.77. The molecule has 0 aliphatic carbocycles. The molecule has 0 amide bonds. The van der Waals surface area contributed by atoms with Gasteiger partial charge in [-0.15, -0.1) is 6.58 Å². The van der Waals surface area contributed by atoms with E-state index in [1.54, 1.807) is 0 Å². The van der Waals surface area contributed by atoms with Crippen LogP contribution in [-0.2, 0) is 0 Å². The van der Waals surface area contributed by atoms with E-state index in [2.05, 4.69) is 58.4 Å². The third-order valence-electron chi connectivity index (χ3n) is 3.49. The molecule has 84 valence electrons. The average molecular weight is 213 g/mol. The molecule has 0 aliphatic heterocycles. The van der Waals surface area contributed by atoms with E-state index in [9.17, 15) is 0 Å². The van der Waals surface area contributed by atoms with Crippen molar-refractivity contribution in [2.75, 3.05) is 13.1 Å². The highest BCUT2D eigenvalue weighted by Crippen LogP contribution is 2.35. The summed E-state index contributed by atoms with van der Waals surface area (Å²) in [5, 5.41) is 0. The van der Waals surface area contributed by atoms with Crippen LogP contribution in [0.5, 0.6) is 0 Å². The molecule has 2 heteroatoms. The third kappa shape index (κ3) is 2.29. The molecular weight excluding hydrogens is 186 g/mol. The zero-order valence-corrected chi connectivity index (χ0v) is 11.8. The molecule has 0 rings (SSSR count). The summed E-state index contributed by atoms with van der Waals surface area (Å²) < 4.78 is 2.66. The quantitative estimate of drug-likeness (QED) is 0.606. The van der Waals surface area contributed by atoms with Crippen molar-refractivity contribution in [3.63, 3.8) is 0 Å². The number of nitrogens with zero attached hydrogens (tertiary/aromatic N) is 1. The van der Waals surface area contributed by atoms with Crippen LogP contribution < -0.4 is 0 Å². The molecule has 14 heavy (non-hydrogen) atoms. The van der Waals surface area contributed by atoms with Crippen LogP contribution >= 0.6 is 0 Å². The SMILES string of the molecule is C=C[Si](C(C)C)(C(C)C)N(CC)CC. The molecule has 0 atom stereocenters. The molecule has 0 aromatic heterocycles. The van der Waals surface area contributed by atoms with E-state index in [0.717, 1.165) is 24.2 Å². The van der Waals surface area contributed by atoms with E-state index in [0.29, 0.717) is 0 Å². The molecule has 0 heterocycles. The van der Waals surface area contributed by atoms with E-state index in [4.69, 9.17) is 0 Å². The fourth-order valence-corrected chi connectivity index (χ4v) is 7.86. The minimum atomic E-state index is -1.46. The van der Waals surface area contributed by atoms with Gasteiger partial charge < -0.3 is 4.57 Å². The topological polar surface area (TPSA) is 3.24 Å². The second-order valence-corrected chi connectivity index (χ2v) is 9.70. The summed E-state index contributed by atoms with van der Waals surface area (Å²) in [6.07, 6.45) is 0. The van der Waals surface area contributed by atoms with Crippen LogP contribution in [-0.4, -0.2) is 25.9 Å². The smallest absolute Gasteiger partial charge is 0.157 e. The summed E-state index contributed by atoms with van der Waals surface area (Å²) in [4.78, 5) is 0. The van der Waals surface area contributed by atoms with E-state index in [1.807, 2.05) is 0 Å². The first-order valence-electron chi connectivity index (χ1n) is 5.85. The Morgan fingerprint density at radius 2 is 1.43 bits per heavy atom. The van der Waals surface area contributed by atoms with Crippen LogP contribution in [0.15, 0.2) is 12.3 Å². The molecule has 0 spiro atoms. The van der Waals surface area contributed by atoms with Gasteiger partial charge >= 0.3 is 0 Å². The highest BCUT2D eigenvalue weighted by molar-refractivity contribution is 6.84. The number of hydrogen-bond acceptors (Lipinski definition) is 1. The van der Waals surface area contributed by atoms with Gasteiger partial charge in [0.15, 0.2) is 8.24 Å². The zero-order chi connectivity index (χ0) is 11.4. The molecule has 0 fully saturated rings. The Bertz CT molecular complexity index is 163. The van der Waals surface area contributed by atoms with Gasteiger partial charge in [-0.05, 0) is 24.2 Å². The number of hydrogen-bond donors (Lipinski definition) is 0.